The topological polar surface area (TPSA) is 26.3 Å². The molecule has 1 atom stereocenters. The second-order valence-corrected chi connectivity index (χ2v) is 3.93. The van der Waals surface area contributed by atoms with Gasteiger partial charge in [0.25, 0.3) is 0 Å². The summed E-state index contributed by atoms with van der Waals surface area (Å²) in [5, 5.41) is 0. The van der Waals surface area contributed by atoms with Gasteiger partial charge in [-0.05, 0) is 18.8 Å². The zero-order chi connectivity index (χ0) is 11.5. The normalized spacial score (nSPS) is 12.1. The third-order valence-corrected chi connectivity index (χ3v) is 2.71. The molecule has 0 aromatic carbocycles. The summed E-state index contributed by atoms with van der Waals surface area (Å²) in [4.78, 5) is 10.8. The molecule has 0 amide bonds. The van der Waals surface area contributed by atoms with Crippen LogP contribution in [0.1, 0.15) is 52.4 Å². The van der Waals surface area contributed by atoms with Gasteiger partial charge in [0.1, 0.15) is 0 Å². The molecule has 15 heavy (non-hydrogen) atoms. The minimum Gasteiger partial charge on any atom is -0.463 e. The van der Waals surface area contributed by atoms with Crippen LogP contribution < -0.4 is 0 Å². The molecule has 0 aliphatic carbocycles. The zero-order valence-corrected chi connectivity index (χ0v) is 10.1. The van der Waals surface area contributed by atoms with Crippen LogP contribution >= 0.6 is 0 Å². The second-order valence-electron chi connectivity index (χ2n) is 3.93. The van der Waals surface area contributed by atoms with Crippen LogP contribution in [-0.4, -0.2) is 12.6 Å². The predicted molar refractivity (Wildman–Crippen MR) is 63.7 cm³/mol. The zero-order valence-electron chi connectivity index (χ0n) is 10.1. The fourth-order valence-corrected chi connectivity index (χ4v) is 1.65. The SMILES string of the molecule is C=CC(=O)OCCCC(CC)CCCC. The summed E-state index contributed by atoms with van der Waals surface area (Å²) in [7, 11) is 0. The van der Waals surface area contributed by atoms with Crippen LogP contribution in [0.25, 0.3) is 0 Å². The van der Waals surface area contributed by atoms with E-state index in [-0.39, 0.29) is 5.97 Å². The molecule has 0 fully saturated rings. The van der Waals surface area contributed by atoms with Gasteiger partial charge in [-0.2, -0.15) is 0 Å². The number of ether oxygens (including phenoxy) is 1. The predicted octanol–water partition coefficient (Wildman–Crippen LogP) is 3.71. The van der Waals surface area contributed by atoms with E-state index in [4.69, 9.17) is 4.74 Å². The molecule has 0 saturated heterocycles. The third kappa shape index (κ3) is 8.22. The average Bonchev–Trinajstić information content (AvgIpc) is 2.27. The molecule has 0 aliphatic rings. The maximum absolute atomic E-state index is 10.8. The van der Waals surface area contributed by atoms with Crippen LogP contribution in [-0.2, 0) is 9.53 Å². The van der Waals surface area contributed by atoms with Gasteiger partial charge in [-0.25, -0.2) is 4.79 Å². The van der Waals surface area contributed by atoms with Crippen LogP contribution in [0.4, 0.5) is 0 Å². The van der Waals surface area contributed by atoms with Crippen LogP contribution in [0.2, 0.25) is 0 Å². The lowest BCUT2D eigenvalue weighted by atomic mass is 9.94. The van der Waals surface area contributed by atoms with Crippen molar-refractivity contribution < 1.29 is 9.53 Å². The fraction of sp³-hybridized carbons (Fsp3) is 0.769. The highest BCUT2D eigenvalue weighted by molar-refractivity contribution is 5.81. The molecule has 0 saturated carbocycles. The minimum atomic E-state index is -0.309. The Labute approximate surface area is 93.7 Å². The van der Waals surface area contributed by atoms with E-state index in [1.807, 2.05) is 0 Å². The van der Waals surface area contributed by atoms with E-state index in [0.29, 0.717) is 6.61 Å². The van der Waals surface area contributed by atoms with Crippen LogP contribution in [0.3, 0.4) is 0 Å². The number of hydrogen-bond acceptors (Lipinski definition) is 2. The molecule has 2 heteroatoms. The quantitative estimate of drug-likeness (QED) is 0.331. The molecule has 0 aromatic rings. The Kier molecular flexibility index (Phi) is 9.24. The van der Waals surface area contributed by atoms with Gasteiger partial charge in [-0.1, -0.05) is 46.1 Å². The Balaban J connectivity index is 3.45. The molecule has 0 N–H and O–H groups in total. The van der Waals surface area contributed by atoms with Crippen molar-refractivity contribution >= 4 is 5.97 Å². The maximum atomic E-state index is 10.8. The largest absolute Gasteiger partial charge is 0.463 e. The molecule has 1 unspecified atom stereocenters. The molecule has 0 radical (unpaired) electrons. The van der Waals surface area contributed by atoms with Crippen molar-refractivity contribution in [1.82, 2.24) is 0 Å². The van der Waals surface area contributed by atoms with Gasteiger partial charge in [0.2, 0.25) is 0 Å². The average molecular weight is 212 g/mol. The molecular weight excluding hydrogens is 188 g/mol. The second kappa shape index (κ2) is 9.75. The van der Waals surface area contributed by atoms with E-state index in [1.54, 1.807) is 0 Å². The fourth-order valence-electron chi connectivity index (χ4n) is 1.65. The lowest BCUT2D eigenvalue weighted by molar-refractivity contribution is -0.137. The number of carbonyl (C=O) groups is 1. The summed E-state index contributed by atoms with van der Waals surface area (Å²) in [5.41, 5.74) is 0. The number of esters is 1. The summed E-state index contributed by atoms with van der Waals surface area (Å²) in [6, 6.07) is 0. The Morgan fingerprint density at radius 2 is 2.00 bits per heavy atom. The van der Waals surface area contributed by atoms with E-state index in [0.717, 1.165) is 12.3 Å². The van der Waals surface area contributed by atoms with Crippen molar-refractivity contribution in [3.63, 3.8) is 0 Å². The van der Waals surface area contributed by atoms with Gasteiger partial charge in [-0.15, -0.1) is 0 Å². The first kappa shape index (κ1) is 14.2. The first-order valence-electron chi connectivity index (χ1n) is 6.03. The summed E-state index contributed by atoms with van der Waals surface area (Å²) in [6.07, 6.45) is 8.47. The van der Waals surface area contributed by atoms with Gasteiger partial charge in [0.05, 0.1) is 6.61 Å². The summed E-state index contributed by atoms with van der Waals surface area (Å²) >= 11 is 0. The third-order valence-electron chi connectivity index (χ3n) is 2.71. The lowest BCUT2D eigenvalue weighted by Crippen LogP contribution is -2.05. The Morgan fingerprint density at radius 3 is 2.53 bits per heavy atom. The summed E-state index contributed by atoms with van der Waals surface area (Å²) in [6.45, 7) is 8.34. The molecule has 2 nitrogen and oxygen atoms in total. The summed E-state index contributed by atoms with van der Waals surface area (Å²) in [5.74, 6) is 0.490. The molecule has 0 aliphatic heterocycles. The molecular formula is C13H24O2. The highest BCUT2D eigenvalue weighted by Gasteiger charge is 2.05. The monoisotopic (exact) mass is 212 g/mol. The van der Waals surface area contributed by atoms with Crippen molar-refractivity contribution in [2.45, 2.75) is 52.4 Å². The highest BCUT2D eigenvalue weighted by Crippen LogP contribution is 2.18. The van der Waals surface area contributed by atoms with Crippen LogP contribution in [0.15, 0.2) is 12.7 Å². The smallest absolute Gasteiger partial charge is 0.330 e. The first-order valence-corrected chi connectivity index (χ1v) is 6.03. The Hall–Kier alpha value is -0.790. The van der Waals surface area contributed by atoms with Gasteiger partial charge >= 0.3 is 5.97 Å². The van der Waals surface area contributed by atoms with Crippen molar-refractivity contribution in [3.05, 3.63) is 12.7 Å². The highest BCUT2D eigenvalue weighted by atomic mass is 16.5. The first-order chi connectivity index (χ1) is 7.24. The molecule has 0 spiro atoms. The van der Waals surface area contributed by atoms with Gasteiger partial charge in [0.15, 0.2) is 0 Å². The number of carbonyl (C=O) groups excluding carboxylic acids is 1. The maximum Gasteiger partial charge on any atom is 0.330 e. The minimum absolute atomic E-state index is 0.309. The van der Waals surface area contributed by atoms with Gasteiger partial charge < -0.3 is 4.74 Å². The number of unbranched alkanes of at least 4 members (excludes halogenated alkanes) is 1. The van der Waals surface area contributed by atoms with E-state index in [9.17, 15) is 4.79 Å². The van der Waals surface area contributed by atoms with Crippen molar-refractivity contribution in [3.8, 4) is 0 Å². The lowest BCUT2D eigenvalue weighted by Gasteiger charge is -2.13. The van der Waals surface area contributed by atoms with Crippen molar-refractivity contribution in [2.24, 2.45) is 5.92 Å². The van der Waals surface area contributed by atoms with Crippen molar-refractivity contribution in [2.75, 3.05) is 6.61 Å². The summed E-state index contributed by atoms with van der Waals surface area (Å²) < 4.78 is 4.93. The van der Waals surface area contributed by atoms with E-state index in [1.165, 1.54) is 38.2 Å². The molecule has 0 rings (SSSR count). The van der Waals surface area contributed by atoms with Gasteiger partial charge in [-0.3, -0.25) is 0 Å². The van der Waals surface area contributed by atoms with E-state index in [2.05, 4.69) is 20.4 Å². The number of hydrogen-bond donors (Lipinski definition) is 0. The Morgan fingerprint density at radius 1 is 1.33 bits per heavy atom. The van der Waals surface area contributed by atoms with Gasteiger partial charge in [0, 0.05) is 6.08 Å². The van der Waals surface area contributed by atoms with Crippen molar-refractivity contribution in [1.29, 1.82) is 0 Å². The standard InChI is InChI=1S/C13H24O2/c1-4-7-9-12(5-2)10-8-11-15-13(14)6-3/h6,12H,3-5,7-11H2,1-2H3. The molecule has 88 valence electrons. The molecule has 0 bridgehead atoms. The van der Waals surface area contributed by atoms with E-state index < -0.39 is 0 Å². The molecule has 0 heterocycles. The van der Waals surface area contributed by atoms with E-state index >= 15 is 0 Å². The Bertz CT molecular complexity index is 175. The van der Waals surface area contributed by atoms with Crippen LogP contribution in [0.5, 0.6) is 0 Å². The van der Waals surface area contributed by atoms with Crippen LogP contribution in [0, 0.1) is 5.92 Å². The molecule has 0 aromatic heterocycles. The number of rotatable bonds is 9.